The van der Waals surface area contributed by atoms with Crippen molar-refractivity contribution in [2.24, 2.45) is 0 Å². The molecule has 0 saturated carbocycles. The second kappa shape index (κ2) is 4.01. The van der Waals surface area contributed by atoms with Crippen molar-refractivity contribution in [2.75, 3.05) is 6.61 Å². The first-order valence-corrected chi connectivity index (χ1v) is 6.00. The van der Waals surface area contributed by atoms with E-state index in [1.54, 1.807) is 0 Å². The molecule has 20 heavy (non-hydrogen) atoms. The molecule has 4 N–H and O–H groups in total. The van der Waals surface area contributed by atoms with Crippen LogP contribution in [0.4, 0.5) is 0 Å². The molecule has 2 aliphatic rings. The molecular weight excluding hydrogens is 270 g/mol. The molecule has 9 nitrogen and oxygen atoms in total. The number of aromatic nitrogens is 2. The molecule has 3 rings (SSSR count). The zero-order chi connectivity index (χ0) is 14.7. The molecule has 2 saturated heterocycles. The molecule has 3 heterocycles. The second-order valence-corrected chi connectivity index (χ2v) is 4.98. The zero-order valence-electron chi connectivity index (χ0n) is 10.5. The quantitative estimate of drug-likeness (QED) is 0.456. The maximum atomic E-state index is 11.8. The number of carbonyl (C=O) groups excluding carboxylic acids is 1. The van der Waals surface area contributed by atoms with Gasteiger partial charge in [-0.1, -0.05) is 0 Å². The van der Waals surface area contributed by atoms with Gasteiger partial charge in [-0.2, -0.15) is 0 Å². The van der Waals surface area contributed by atoms with E-state index in [0.717, 1.165) is 4.57 Å². The van der Waals surface area contributed by atoms with Gasteiger partial charge in [-0.15, -0.1) is 0 Å². The third-order valence-electron chi connectivity index (χ3n) is 3.79. The van der Waals surface area contributed by atoms with Crippen LogP contribution in [0.3, 0.4) is 0 Å². The van der Waals surface area contributed by atoms with Crippen molar-refractivity contribution in [1.29, 1.82) is 0 Å². The number of nitrogens with zero attached hydrogens (tertiary/aromatic N) is 1. The number of nitrogens with one attached hydrogen (secondary N) is 2. The average Bonchev–Trinajstić information content (AvgIpc) is 2.81. The van der Waals surface area contributed by atoms with E-state index in [2.05, 4.69) is 10.3 Å². The lowest BCUT2D eigenvalue weighted by Crippen LogP contribution is -2.52. The molecule has 0 radical (unpaired) electrons. The summed E-state index contributed by atoms with van der Waals surface area (Å²) in [7, 11) is 0. The van der Waals surface area contributed by atoms with Crippen LogP contribution in [-0.2, 0) is 9.53 Å². The van der Waals surface area contributed by atoms with E-state index in [0.29, 0.717) is 0 Å². The number of ether oxygens (including phenoxy) is 1. The number of aromatic amines is 1. The fraction of sp³-hybridized carbons (Fsp3) is 0.545. The molecule has 0 aromatic carbocycles. The van der Waals surface area contributed by atoms with Crippen LogP contribution in [0, 0.1) is 6.92 Å². The van der Waals surface area contributed by atoms with Crippen molar-refractivity contribution in [2.45, 2.75) is 30.9 Å². The van der Waals surface area contributed by atoms with Crippen LogP contribution in [0.25, 0.3) is 0 Å². The molecule has 108 valence electrons. The fourth-order valence-electron chi connectivity index (χ4n) is 2.62. The van der Waals surface area contributed by atoms with Gasteiger partial charge in [-0.05, 0) is 6.92 Å². The summed E-state index contributed by atoms with van der Waals surface area (Å²) in [5.41, 5.74) is -2.71. The Morgan fingerprint density at radius 3 is 2.75 bits per heavy atom. The van der Waals surface area contributed by atoms with Gasteiger partial charge in [-0.25, -0.2) is 4.79 Å². The summed E-state index contributed by atoms with van der Waals surface area (Å²) in [6.45, 7) is 0.808. The number of aliphatic hydroxyl groups is 2. The highest BCUT2D eigenvalue weighted by Crippen LogP contribution is 2.41. The van der Waals surface area contributed by atoms with Crippen LogP contribution in [0.1, 0.15) is 11.8 Å². The van der Waals surface area contributed by atoms with Gasteiger partial charge in [0.2, 0.25) is 0 Å². The third-order valence-corrected chi connectivity index (χ3v) is 3.79. The number of amides is 1. The highest BCUT2D eigenvalue weighted by molar-refractivity contribution is 5.90. The zero-order valence-corrected chi connectivity index (χ0v) is 10.5. The lowest BCUT2D eigenvalue weighted by Gasteiger charge is -2.29. The Balaban J connectivity index is 2.07. The van der Waals surface area contributed by atoms with Crippen molar-refractivity contribution in [1.82, 2.24) is 14.9 Å². The highest BCUT2D eigenvalue weighted by Gasteiger charge is 2.66. The van der Waals surface area contributed by atoms with Crippen molar-refractivity contribution >= 4 is 5.91 Å². The molecule has 2 aliphatic heterocycles. The van der Waals surface area contributed by atoms with Crippen molar-refractivity contribution in [3.63, 3.8) is 0 Å². The second-order valence-electron chi connectivity index (χ2n) is 4.98. The topological polar surface area (TPSA) is 134 Å². The Bertz CT molecular complexity index is 694. The first-order chi connectivity index (χ1) is 9.40. The van der Waals surface area contributed by atoms with E-state index < -0.39 is 47.7 Å². The van der Waals surface area contributed by atoms with E-state index in [1.165, 1.54) is 13.1 Å². The number of aliphatic hydroxyl groups excluding tert-OH is 2. The Hall–Kier alpha value is -1.97. The van der Waals surface area contributed by atoms with Gasteiger partial charge >= 0.3 is 5.69 Å². The minimum Gasteiger partial charge on any atom is -0.393 e. The third kappa shape index (κ3) is 1.45. The van der Waals surface area contributed by atoms with Gasteiger partial charge in [0.05, 0.1) is 6.61 Å². The van der Waals surface area contributed by atoms with Crippen molar-refractivity contribution in [3.05, 3.63) is 32.6 Å². The van der Waals surface area contributed by atoms with Gasteiger partial charge < -0.3 is 20.3 Å². The lowest BCUT2D eigenvalue weighted by atomic mass is 10.00. The molecular formula is C11H13N3O6. The molecule has 1 aromatic rings. The number of carbonyl (C=O) groups is 1. The fourth-order valence-corrected chi connectivity index (χ4v) is 2.62. The van der Waals surface area contributed by atoms with Gasteiger partial charge in [0.25, 0.3) is 11.5 Å². The summed E-state index contributed by atoms with van der Waals surface area (Å²) in [6.07, 6.45) is -0.974. The number of fused-ring (bicyclic) bond motifs is 2. The van der Waals surface area contributed by atoms with E-state index in [1.807, 2.05) is 0 Å². The van der Waals surface area contributed by atoms with E-state index in [4.69, 9.17) is 4.74 Å². The van der Waals surface area contributed by atoms with Crippen molar-refractivity contribution in [3.8, 4) is 0 Å². The number of H-pyrrole nitrogens is 1. The largest absolute Gasteiger partial charge is 0.393 e. The first-order valence-electron chi connectivity index (χ1n) is 6.00. The molecule has 4 atom stereocenters. The SMILES string of the molecule is Cc1cn([C@@H]2O[C@]3(CO)C(=O)NC2[C@H]3O)c(=O)[nH]c1=O. The smallest absolute Gasteiger partial charge is 0.330 e. The standard InChI is InChI=1S/C11H13N3O6/c1-4-2-14(10(19)13-7(4)17)8-5-6(16)11(3-15,20-8)9(18)12-5/h2,5-6,8,15-16H,3H2,1H3,(H,12,18)(H,13,17,19)/t5?,6-,8-,11+/m1/s1. The number of hydrogen-bond donors (Lipinski definition) is 4. The molecule has 0 spiro atoms. The first kappa shape index (κ1) is 13.0. The lowest BCUT2D eigenvalue weighted by molar-refractivity contribution is -0.169. The molecule has 1 amide bonds. The van der Waals surface area contributed by atoms with Gasteiger partial charge in [0, 0.05) is 11.8 Å². The van der Waals surface area contributed by atoms with Crippen LogP contribution < -0.4 is 16.6 Å². The summed E-state index contributed by atoms with van der Waals surface area (Å²) < 4.78 is 6.50. The normalized spacial score (nSPS) is 35.4. The predicted octanol–water partition coefficient (Wildman–Crippen LogP) is -3.04. The number of aryl methyl sites for hydroxylation is 1. The molecule has 1 unspecified atom stereocenters. The Labute approximate surface area is 111 Å². The maximum Gasteiger partial charge on any atom is 0.330 e. The van der Waals surface area contributed by atoms with E-state index >= 15 is 0 Å². The summed E-state index contributed by atoms with van der Waals surface area (Å²) in [5.74, 6) is -0.622. The van der Waals surface area contributed by atoms with Gasteiger partial charge in [-0.3, -0.25) is 19.1 Å². The number of rotatable bonds is 2. The average molecular weight is 283 g/mol. The van der Waals surface area contributed by atoms with Gasteiger partial charge in [0.15, 0.2) is 11.8 Å². The van der Waals surface area contributed by atoms with E-state index in [9.17, 15) is 24.6 Å². The molecule has 2 fully saturated rings. The van der Waals surface area contributed by atoms with Crippen LogP contribution >= 0.6 is 0 Å². The minimum absolute atomic E-state index is 0.287. The Kier molecular flexibility index (Phi) is 2.61. The van der Waals surface area contributed by atoms with Crippen LogP contribution in [0.2, 0.25) is 0 Å². The summed E-state index contributed by atoms with van der Waals surface area (Å²) >= 11 is 0. The predicted molar refractivity (Wildman–Crippen MR) is 63.9 cm³/mol. The van der Waals surface area contributed by atoms with E-state index in [-0.39, 0.29) is 5.56 Å². The summed E-state index contributed by atoms with van der Waals surface area (Å²) in [5, 5.41) is 21.8. The summed E-state index contributed by atoms with van der Waals surface area (Å²) in [6, 6.07) is -0.863. The Morgan fingerprint density at radius 1 is 1.45 bits per heavy atom. The van der Waals surface area contributed by atoms with Crippen LogP contribution in [0.15, 0.2) is 15.8 Å². The number of hydrogen-bond acceptors (Lipinski definition) is 6. The van der Waals surface area contributed by atoms with Gasteiger partial charge in [0.1, 0.15) is 12.1 Å². The maximum absolute atomic E-state index is 11.8. The Morgan fingerprint density at radius 2 is 2.15 bits per heavy atom. The monoisotopic (exact) mass is 283 g/mol. The van der Waals surface area contributed by atoms with Crippen molar-refractivity contribution < 1.29 is 19.7 Å². The molecule has 1 aromatic heterocycles. The number of morpholine rings is 1. The highest BCUT2D eigenvalue weighted by atomic mass is 16.6. The van der Waals surface area contributed by atoms with Crippen LogP contribution in [-0.4, -0.2) is 50.0 Å². The summed E-state index contributed by atoms with van der Waals surface area (Å²) in [4.78, 5) is 36.9. The minimum atomic E-state index is -1.77. The molecule has 2 bridgehead atoms. The van der Waals surface area contributed by atoms with Crippen LogP contribution in [0.5, 0.6) is 0 Å². The molecule has 0 aliphatic carbocycles. The molecule has 9 heteroatoms.